The van der Waals surface area contributed by atoms with Crippen LogP contribution in [0.5, 0.6) is 0 Å². The normalized spacial score (nSPS) is 19.9. The number of nitrogens with one attached hydrogen (secondary N) is 2. The Labute approximate surface area is 111 Å². The van der Waals surface area contributed by atoms with Crippen LogP contribution in [0.1, 0.15) is 23.0 Å². The van der Waals surface area contributed by atoms with Crippen molar-refractivity contribution in [2.75, 3.05) is 13.1 Å². The van der Waals surface area contributed by atoms with Gasteiger partial charge >= 0.3 is 0 Å². The molecular weight excluding hydrogens is 246 g/mol. The van der Waals surface area contributed by atoms with Crippen LogP contribution in [0.15, 0.2) is 18.3 Å². The van der Waals surface area contributed by atoms with E-state index in [9.17, 15) is 9.59 Å². The Morgan fingerprint density at radius 2 is 2.42 bits per heavy atom. The molecule has 0 aromatic carbocycles. The van der Waals surface area contributed by atoms with Crippen LogP contribution in [0.2, 0.25) is 0 Å². The molecule has 19 heavy (non-hydrogen) atoms. The Morgan fingerprint density at radius 3 is 3.05 bits per heavy atom. The molecule has 0 radical (unpaired) electrons. The summed E-state index contributed by atoms with van der Waals surface area (Å²) in [5.74, 6) is 4.71. The van der Waals surface area contributed by atoms with Crippen LogP contribution in [0.4, 0.5) is 0 Å². The van der Waals surface area contributed by atoms with E-state index in [0.717, 1.165) is 12.2 Å². The monoisotopic (exact) mass is 263 g/mol. The van der Waals surface area contributed by atoms with E-state index < -0.39 is 0 Å². The maximum atomic E-state index is 11.5. The summed E-state index contributed by atoms with van der Waals surface area (Å²) in [4.78, 5) is 29.1. The van der Waals surface area contributed by atoms with Crippen molar-refractivity contribution in [1.29, 1.82) is 0 Å². The topological polar surface area (TPSA) is 100 Å². The molecule has 0 spiro atoms. The molecule has 0 saturated carbocycles. The number of hydrazine groups is 1. The molecule has 1 aliphatic rings. The van der Waals surface area contributed by atoms with Gasteiger partial charge < -0.3 is 5.32 Å². The summed E-state index contributed by atoms with van der Waals surface area (Å²) in [6.07, 6.45) is 1.48. The molecule has 7 nitrogen and oxygen atoms in total. The van der Waals surface area contributed by atoms with Gasteiger partial charge in [-0.05, 0) is 19.1 Å². The van der Waals surface area contributed by atoms with Gasteiger partial charge in [-0.25, -0.2) is 5.84 Å². The lowest BCUT2D eigenvalue weighted by molar-refractivity contribution is -0.128. The van der Waals surface area contributed by atoms with Gasteiger partial charge in [0, 0.05) is 25.8 Å². The zero-order valence-corrected chi connectivity index (χ0v) is 10.7. The number of rotatable bonds is 3. The van der Waals surface area contributed by atoms with Crippen molar-refractivity contribution < 1.29 is 9.59 Å². The number of amides is 2. The standard InChI is InChI=1S/C12H17N5O2/c1-8-11(18)14-4-5-17(8)7-10-3-2-9(6-15-10)12(19)16-13/h2-3,6,8H,4-5,7,13H2,1H3,(H,14,18)(H,16,19). The van der Waals surface area contributed by atoms with Crippen LogP contribution in [0.3, 0.4) is 0 Å². The van der Waals surface area contributed by atoms with Gasteiger partial charge in [-0.1, -0.05) is 0 Å². The van der Waals surface area contributed by atoms with Crippen LogP contribution in [-0.4, -0.2) is 40.8 Å². The van der Waals surface area contributed by atoms with Gasteiger partial charge in [0.15, 0.2) is 0 Å². The lowest BCUT2D eigenvalue weighted by Crippen LogP contribution is -2.53. The van der Waals surface area contributed by atoms with Gasteiger partial charge in [-0.3, -0.25) is 24.9 Å². The number of piperazine rings is 1. The molecule has 102 valence electrons. The van der Waals surface area contributed by atoms with Gasteiger partial charge in [-0.2, -0.15) is 0 Å². The first-order valence-corrected chi connectivity index (χ1v) is 6.09. The lowest BCUT2D eigenvalue weighted by atomic mass is 10.2. The molecule has 1 aromatic rings. The van der Waals surface area contributed by atoms with Crippen molar-refractivity contribution in [1.82, 2.24) is 20.6 Å². The van der Waals surface area contributed by atoms with Crippen LogP contribution in [0, 0.1) is 0 Å². The number of hydrogen-bond acceptors (Lipinski definition) is 5. The van der Waals surface area contributed by atoms with Crippen LogP contribution >= 0.6 is 0 Å². The molecule has 0 aliphatic carbocycles. The van der Waals surface area contributed by atoms with Crippen molar-refractivity contribution in [2.45, 2.75) is 19.5 Å². The maximum absolute atomic E-state index is 11.5. The first-order chi connectivity index (χ1) is 9.11. The SMILES string of the molecule is CC1C(=O)NCCN1Cc1ccc(C(=O)NN)cn1. The minimum absolute atomic E-state index is 0.0328. The molecule has 2 rings (SSSR count). The molecule has 2 amide bonds. The number of nitrogens with two attached hydrogens (primary N) is 1. The fourth-order valence-electron chi connectivity index (χ4n) is 1.99. The van der Waals surface area contributed by atoms with Crippen molar-refractivity contribution >= 4 is 11.8 Å². The van der Waals surface area contributed by atoms with Crippen LogP contribution in [0.25, 0.3) is 0 Å². The minimum Gasteiger partial charge on any atom is -0.353 e. The Kier molecular flexibility index (Phi) is 4.08. The lowest BCUT2D eigenvalue weighted by Gasteiger charge is -2.32. The van der Waals surface area contributed by atoms with Crippen LogP contribution < -0.4 is 16.6 Å². The molecule has 1 unspecified atom stereocenters. The Balaban J connectivity index is 2.03. The number of carbonyl (C=O) groups is 2. The second-order valence-electron chi connectivity index (χ2n) is 4.45. The second-order valence-corrected chi connectivity index (χ2v) is 4.45. The summed E-state index contributed by atoms with van der Waals surface area (Å²) in [5.41, 5.74) is 3.28. The highest BCUT2D eigenvalue weighted by Gasteiger charge is 2.25. The predicted molar refractivity (Wildman–Crippen MR) is 68.8 cm³/mol. The minimum atomic E-state index is -0.371. The van der Waals surface area contributed by atoms with Crippen LogP contribution in [-0.2, 0) is 11.3 Å². The van der Waals surface area contributed by atoms with Crippen molar-refractivity contribution in [3.8, 4) is 0 Å². The average Bonchev–Trinajstić information content (AvgIpc) is 2.44. The number of aromatic nitrogens is 1. The highest BCUT2D eigenvalue weighted by molar-refractivity contribution is 5.93. The fourth-order valence-corrected chi connectivity index (χ4v) is 1.99. The Morgan fingerprint density at radius 1 is 1.63 bits per heavy atom. The summed E-state index contributed by atoms with van der Waals surface area (Å²) in [6, 6.07) is 3.27. The van der Waals surface area contributed by atoms with Gasteiger partial charge in [0.05, 0.1) is 17.3 Å². The molecule has 1 aromatic heterocycles. The molecule has 0 bridgehead atoms. The molecule has 1 aliphatic heterocycles. The van der Waals surface area contributed by atoms with E-state index >= 15 is 0 Å². The number of nitrogen functional groups attached to an aromatic ring is 1. The number of hydrogen-bond donors (Lipinski definition) is 3. The van der Waals surface area contributed by atoms with E-state index in [1.54, 1.807) is 12.1 Å². The van der Waals surface area contributed by atoms with Crippen molar-refractivity contribution in [2.24, 2.45) is 5.84 Å². The zero-order valence-electron chi connectivity index (χ0n) is 10.7. The quantitative estimate of drug-likeness (QED) is 0.369. The molecule has 2 heterocycles. The van der Waals surface area contributed by atoms with E-state index in [4.69, 9.17) is 5.84 Å². The summed E-state index contributed by atoms with van der Waals surface area (Å²) in [6.45, 7) is 3.89. The average molecular weight is 263 g/mol. The molecule has 1 saturated heterocycles. The molecule has 1 atom stereocenters. The summed E-state index contributed by atoms with van der Waals surface area (Å²) in [7, 11) is 0. The molecular formula is C12H17N5O2. The van der Waals surface area contributed by atoms with Crippen molar-refractivity contribution in [3.05, 3.63) is 29.6 Å². The summed E-state index contributed by atoms with van der Waals surface area (Å²) in [5, 5.41) is 2.81. The van der Waals surface area contributed by atoms with Gasteiger partial charge in [-0.15, -0.1) is 0 Å². The smallest absolute Gasteiger partial charge is 0.266 e. The number of carbonyl (C=O) groups excluding carboxylic acids is 2. The molecule has 4 N–H and O–H groups in total. The summed E-state index contributed by atoms with van der Waals surface area (Å²) < 4.78 is 0. The molecule has 1 fully saturated rings. The van der Waals surface area contributed by atoms with E-state index in [2.05, 4.69) is 15.7 Å². The maximum Gasteiger partial charge on any atom is 0.266 e. The first kappa shape index (κ1) is 13.4. The molecule has 7 heteroatoms. The Bertz CT molecular complexity index is 474. The largest absolute Gasteiger partial charge is 0.353 e. The van der Waals surface area contributed by atoms with Gasteiger partial charge in [0.2, 0.25) is 5.91 Å². The Hall–Kier alpha value is -1.99. The highest BCUT2D eigenvalue weighted by atomic mass is 16.2. The first-order valence-electron chi connectivity index (χ1n) is 6.09. The third-order valence-corrected chi connectivity index (χ3v) is 3.21. The third-order valence-electron chi connectivity index (χ3n) is 3.21. The van der Waals surface area contributed by atoms with Gasteiger partial charge in [0.1, 0.15) is 0 Å². The fraction of sp³-hybridized carbons (Fsp3) is 0.417. The predicted octanol–water partition coefficient (Wildman–Crippen LogP) is -0.995. The number of nitrogens with zero attached hydrogens (tertiary/aromatic N) is 2. The zero-order chi connectivity index (χ0) is 13.8. The third kappa shape index (κ3) is 3.07. The summed E-state index contributed by atoms with van der Waals surface area (Å²) >= 11 is 0. The number of pyridine rings is 1. The van der Waals surface area contributed by atoms with E-state index in [1.807, 2.05) is 11.8 Å². The van der Waals surface area contributed by atoms with E-state index in [0.29, 0.717) is 18.7 Å². The van der Waals surface area contributed by atoms with E-state index in [1.165, 1.54) is 6.20 Å². The van der Waals surface area contributed by atoms with Crippen molar-refractivity contribution in [3.63, 3.8) is 0 Å². The second kappa shape index (κ2) is 5.77. The van der Waals surface area contributed by atoms with E-state index in [-0.39, 0.29) is 17.9 Å². The highest BCUT2D eigenvalue weighted by Crippen LogP contribution is 2.09. The van der Waals surface area contributed by atoms with Gasteiger partial charge in [0.25, 0.3) is 5.91 Å².